The number of nitrogens with one attached hydrogen (secondary N) is 2. The van der Waals surface area contributed by atoms with Crippen molar-refractivity contribution in [1.82, 2.24) is 15.5 Å². The van der Waals surface area contributed by atoms with Gasteiger partial charge in [0.2, 0.25) is 5.91 Å². The van der Waals surface area contributed by atoms with Gasteiger partial charge in [-0.25, -0.2) is 4.79 Å². The molecule has 2 fully saturated rings. The van der Waals surface area contributed by atoms with Crippen molar-refractivity contribution in [3.63, 3.8) is 0 Å². The lowest BCUT2D eigenvalue weighted by atomic mass is 9.87. The predicted molar refractivity (Wildman–Crippen MR) is 96.8 cm³/mol. The number of rotatable bonds is 4. The summed E-state index contributed by atoms with van der Waals surface area (Å²) < 4.78 is 0. The van der Waals surface area contributed by atoms with E-state index in [1.54, 1.807) is 0 Å². The van der Waals surface area contributed by atoms with Crippen LogP contribution < -0.4 is 10.6 Å². The lowest BCUT2D eigenvalue weighted by Crippen LogP contribution is -2.50. The third kappa shape index (κ3) is 3.18. The van der Waals surface area contributed by atoms with Crippen molar-refractivity contribution in [1.29, 1.82) is 0 Å². The number of fused-ring (bicyclic) bond motifs is 1. The van der Waals surface area contributed by atoms with Crippen LogP contribution in [0.2, 0.25) is 5.02 Å². The topological polar surface area (TPSA) is 78.5 Å². The van der Waals surface area contributed by atoms with Crippen molar-refractivity contribution in [3.05, 3.63) is 34.3 Å². The van der Waals surface area contributed by atoms with Gasteiger partial charge in [0.25, 0.3) is 5.91 Å². The molecule has 26 heavy (non-hydrogen) atoms. The summed E-state index contributed by atoms with van der Waals surface area (Å²) in [6.07, 6.45) is 4.06. The van der Waals surface area contributed by atoms with E-state index in [1.807, 2.05) is 23.1 Å². The van der Waals surface area contributed by atoms with E-state index >= 15 is 0 Å². The Balaban J connectivity index is 1.39. The maximum Gasteiger partial charge on any atom is 0.322 e. The second-order valence-electron chi connectivity index (χ2n) is 7.45. The molecule has 1 saturated heterocycles. The molecule has 138 valence electrons. The molecule has 0 spiro atoms. The third-order valence-corrected chi connectivity index (χ3v) is 6.03. The molecule has 1 aliphatic carbocycles. The van der Waals surface area contributed by atoms with Crippen LogP contribution in [0, 0.1) is 5.92 Å². The van der Waals surface area contributed by atoms with Crippen molar-refractivity contribution < 1.29 is 14.4 Å². The van der Waals surface area contributed by atoms with Crippen LogP contribution in [0.5, 0.6) is 0 Å². The second kappa shape index (κ2) is 6.58. The summed E-state index contributed by atoms with van der Waals surface area (Å²) in [5.74, 6) is -0.0918. The molecule has 6 nitrogen and oxygen atoms in total. The van der Waals surface area contributed by atoms with E-state index in [9.17, 15) is 14.4 Å². The maximum atomic E-state index is 12.8. The van der Waals surface area contributed by atoms with Gasteiger partial charge in [-0.05, 0) is 61.3 Å². The minimum absolute atomic E-state index is 0.0397. The smallest absolute Gasteiger partial charge is 0.322 e. The fraction of sp³-hybridized carbons (Fsp3) is 0.526. The molecule has 0 aromatic heterocycles. The summed E-state index contributed by atoms with van der Waals surface area (Å²) in [5.41, 5.74) is 1.54. The second-order valence-corrected chi connectivity index (χ2v) is 7.88. The van der Waals surface area contributed by atoms with Gasteiger partial charge >= 0.3 is 6.03 Å². The fourth-order valence-corrected chi connectivity index (χ4v) is 4.35. The van der Waals surface area contributed by atoms with Crippen LogP contribution >= 0.6 is 11.6 Å². The van der Waals surface area contributed by atoms with Crippen LogP contribution in [-0.2, 0) is 22.4 Å². The molecular formula is C19H22ClN3O3. The van der Waals surface area contributed by atoms with E-state index in [0.29, 0.717) is 19.5 Å². The predicted octanol–water partition coefficient (Wildman–Crippen LogP) is 2.04. The van der Waals surface area contributed by atoms with E-state index < -0.39 is 11.6 Å². The van der Waals surface area contributed by atoms with Crippen molar-refractivity contribution in [2.45, 2.75) is 44.1 Å². The van der Waals surface area contributed by atoms with E-state index in [2.05, 4.69) is 10.6 Å². The molecule has 2 heterocycles. The SMILES string of the molecule is O=C1NC(=O)[C@](CCC(=O)N2CCc3ccc(Cl)cc3CC2)(C2CC2)N1. The fourth-order valence-electron chi connectivity index (χ4n) is 4.15. The first kappa shape index (κ1) is 17.3. The Hall–Kier alpha value is -2.08. The zero-order valence-electron chi connectivity index (χ0n) is 14.5. The maximum absolute atomic E-state index is 12.8. The van der Waals surface area contributed by atoms with E-state index in [4.69, 9.17) is 11.6 Å². The van der Waals surface area contributed by atoms with Gasteiger partial charge in [-0.2, -0.15) is 0 Å². The molecular weight excluding hydrogens is 354 g/mol. The number of carbonyl (C=O) groups excluding carboxylic acids is 3. The molecule has 7 heteroatoms. The minimum Gasteiger partial charge on any atom is -0.342 e. The Labute approximate surface area is 157 Å². The van der Waals surface area contributed by atoms with Gasteiger partial charge < -0.3 is 10.2 Å². The number of benzene rings is 1. The molecule has 0 unspecified atom stereocenters. The number of amides is 4. The van der Waals surface area contributed by atoms with E-state index in [1.165, 1.54) is 11.1 Å². The zero-order valence-corrected chi connectivity index (χ0v) is 15.3. The lowest BCUT2D eigenvalue weighted by molar-refractivity contribution is -0.132. The molecule has 4 rings (SSSR count). The van der Waals surface area contributed by atoms with Gasteiger partial charge in [-0.3, -0.25) is 14.9 Å². The Kier molecular flexibility index (Phi) is 4.39. The number of urea groups is 1. The quantitative estimate of drug-likeness (QED) is 0.790. The summed E-state index contributed by atoms with van der Waals surface area (Å²) in [6.45, 7) is 1.32. The van der Waals surface area contributed by atoms with Crippen LogP contribution in [0.25, 0.3) is 0 Å². The Morgan fingerprint density at radius 3 is 2.58 bits per heavy atom. The summed E-state index contributed by atoms with van der Waals surface area (Å²) in [7, 11) is 0. The summed E-state index contributed by atoms with van der Waals surface area (Å²) in [6, 6.07) is 5.45. The van der Waals surface area contributed by atoms with Crippen LogP contribution in [0.1, 0.15) is 36.8 Å². The molecule has 2 N–H and O–H groups in total. The molecule has 3 aliphatic rings. The standard InChI is InChI=1S/C19H22ClN3O3/c20-15-4-1-12-6-9-23(10-7-13(12)11-15)16(24)5-8-19(14-2-3-14)17(25)21-18(26)22-19/h1,4,11,14H,2-3,5-10H2,(H2,21,22,25,26)/t19-/m0/s1. The Bertz CT molecular complexity index is 777. The first-order valence-electron chi connectivity index (χ1n) is 9.16. The first-order chi connectivity index (χ1) is 12.5. The highest BCUT2D eigenvalue weighted by Crippen LogP contribution is 2.43. The summed E-state index contributed by atoms with van der Waals surface area (Å²) in [5, 5.41) is 5.84. The Morgan fingerprint density at radius 1 is 1.19 bits per heavy atom. The van der Waals surface area contributed by atoms with Gasteiger partial charge in [-0.1, -0.05) is 17.7 Å². The third-order valence-electron chi connectivity index (χ3n) is 5.80. The Morgan fingerprint density at radius 2 is 1.92 bits per heavy atom. The average Bonchev–Trinajstić information content (AvgIpc) is 3.42. The number of carbonyl (C=O) groups is 3. The molecule has 1 aromatic carbocycles. The molecule has 2 aliphatic heterocycles. The zero-order chi connectivity index (χ0) is 18.3. The van der Waals surface area contributed by atoms with E-state index in [-0.39, 0.29) is 24.2 Å². The monoisotopic (exact) mass is 375 g/mol. The molecule has 1 saturated carbocycles. The highest BCUT2D eigenvalue weighted by atomic mass is 35.5. The van der Waals surface area contributed by atoms with Crippen LogP contribution in [-0.4, -0.2) is 41.4 Å². The van der Waals surface area contributed by atoms with Gasteiger partial charge in [0.1, 0.15) is 5.54 Å². The van der Waals surface area contributed by atoms with Gasteiger partial charge in [0.05, 0.1) is 0 Å². The largest absolute Gasteiger partial charge is 0.342 e. The van der Waals surface area contributed by atoms with Crippen LogP contribution in [0.3, 0.4) is 0 Å². The van der Waals surface area contributed by atoms with Crippen molar-refractivity contribution in [2.24, 2.45) is 5.92 Å². The highest BCUT2D eigenvalue weighted by molar-refractivity contribution is 6.30. The van der Waals surface area contributed by atoms with E-state index in [0.717, 1.165) is 30.7 Å². The van der Waals surface area contributed by atoms with Gasteiger partial charge in [0, 0.05) is 24.5 Å². The van der Waals surface area contributed by atoms with Gasteiger partial charge in [-0.15, -0.1) is 0 Å². The lowest BCUT2D eigenvalue weighted by Gasteiger charge is -2.27. The van der Waals surface area contributed by atoms with Crippen LogP contribution in [0.15, 0.2) is 18.2 Å². The molecule has 1 aromatic rings. The number of hydrogen-bond acceptors (Lipinski definition) is 3. The van der Waals surface area contributed by atoms with Crippen molar-refractivity contribution in [3.8, 4) is 0 Å². The average molecular weight is 376 g/mol. The molecule has 4 amide bonds. The number of hydrogen-bond donors (Lipinski definition) is 2. The van der Waals surface area contributed by atoms with Crippen molar-refractivity contribution >= 4 is 29.4 Å². The van der Waals surface area contributed by atoms with Gasteiger partial charge in [0.15, 0.2) is 0 Å². The molecule has 0 radical (unpaired) electrons. The molecule has 1 atom stereocenters. The summed E-state index contributed by atoms with van der Waals surface area (Å²) >= 11 is 6.07. The molecule has 0 bridgehead atoms. The minimum atomic E-state index is -0.894. The number of imide groups is 1. The highest BCUT2D eigenvalue weighted by Gasteiger charge is 2.55. The first-order valence-corrected chi connectivity index (χ1v) is 9.54. The number of nitrogens with zero attached hydrogens (tertiary/aromatic N) is 1. The van der Waals surface area contributed by atoms with Crippen molar-refractivity contribution in [2.75, 3.05) is 13.1 Å². The van der Waals surface area contributed by atoms with Crippen LogP contribution in [0.4, 0.5) is 4.79 Å². The summed E-state index contributed by atoms with van der Waals surface area (Å²) in [4.78, 5) is 38.5. The number of halogens is 1. The normalized spacial score (nSPS) is 25.3.